The van der Waals surface area contributed by atoms with Gasteiger partial charge in [-0.25, -0.2) is 9.37 Å². The molecule has 0 radical (unpaired) electrons. The minimum atomic E-state index is -0.326. The van der Waals surface area contributed by atoms with Gasteiger partial charge in [-0.05, 0) is 31.2 Å². The normalized spacial score (nSPS) is 10.9. The number of fused-ring (bicyclic) bond motifs is 1. The van der Waals surface area contributed by atoms with Crippen molar-refractivity contribution in [1.29, 1.82) is 0 Å². The molecule has 0 amide bonds. The van der Waals surface area contributed by atoms with Gasteiger partial charge in [-0.2, -0.15) is 4.98 Å². The van der Waals surface area contributed by atoms with Gasteiger partial charge in [0.1, 0.15) is 17.4 Å². The number of pyridine rings is 1. The van der Waals surface area contributed by atoms with Gasteiger partial charge in [-0.1, -0.05) is 0 Å². The first-order valence-corrected chi connectivity index (χ1v) is 8.69. The van der Waals surface area contributed by atoms with Crippen LogP contribution in [0.1, 0.15) is 5.69 Å². The number of nitrogens with one attached hydrogen (secondary N) is 3. The lowest BCUT2D eigenvalue weighted by Crippen LogP contribution is -2.02. The summed E-state index contributed by atoms with van der Waals surface area (Å²) in [6.07, 6.45) is 2.83. The molecular weight excluding hydrogens is 359 g/mol. The molecule has 0 bridgehead atoms. The van der Waals surface area contributed by atoms with Crippen LogP contribution in [0, 0.1) is 12.7 Å². The Morgan fingerprint density at radius 3 is 2.79 bits per heavy atom. The second kappa shape index (κ2) is 7.15. The Balaban J connectivity index is 1.74. The number of aromatic nitrogens is 4. The Morgan fingerprint density at radius 2 is 2.00 bits per heavy atom. The molecule has 8 heteroatoms. The summed E-state index contributed by atoms with van der Waals surface area (Å²) >= 11 is 0. The van der Waals surface area contributed by atoms with Gasteiger partial charge in [0.25, 0.3) is 0 Å². The van der Waals surface area contributed by atoms with Gasteiger partial charge in [0, 0.05) is 42.5 Å². The number of aryl methyl sites for hydroxylation is 1. The van der Waals surface area contributed by atoms with Gasteiger partial charge in [0.2, 0.25) is 5.95 Å². The van der Waals surface area contributed by atoms with Crippen LogP contribution >= 0.6 is 0 Å². The number of H-pyrrole nitrogens is 1. The quantitative estimate of drug-likeness (QED) is 0.481. The number of rotatable bonds is 5. The Kier molecular flexibility index (Phi) is 4.52. The Morgan fingerprint density at radius 1 is 1.14 bits per heavy atom. The SMILES string of the molecule is CNc1cc(C)nc(Nc2ccc(OC)c(-c3cc4[nH]cc(F)c4cn3)c2)n1. The summed E-state index contributed by atoms with van der Waals surface area (Å²) in [5.74, 6) is 1.54. The fourth-order valence-electron chi connectivity index (χ4n) is 3.00. The van der Waals surface area contributed by atoms with Gasteiger partial charge < -0.3 is 20.4 Å². The second-order valence-corrected chi connectivity index (χ2v) is 6.26. The molecule has 3 N–H and O–H groups in total. The van der Waals surface area contributed by atoms with E-state index in [9.17, 15) is 4.39 Å². The fourth-order valence-corrected chi connectivity index (χ4v) is 3.00. The van der Waals surface area contributed by atoms with E-state index in [1.54, 1.807) is 13.2 Å². The summed E-state index contributed by atoms with van der Waals surface area (Å²) in [5.41, 5.74) is 3.73. The van der Waals surface area contributed by atoms with Crippen LogP contribution in [0.3, 0.4) is 0 Å². The smallest absolute Gasteiger partial charge is 0.229 e. The maximum Gasteiger partial charge on any atom is 0.229 e. The first kappa shape index (κ1) is 17.7. The van der Waals surface area contributed by atoms with Gasteiger partial charge in [0.05, 0.1) is 23.7 Å². The van der Waals surface area contributed by atoms with E-state index in [0.717, 1.165) is 22.8 Å². The number of ether oxygens (including phenoxy) is 1. The molecule has 0 saturated heterocycles. The van der Waals surface area contributed by atoms with Crippen molar-refractivity contribution in [2.75, 3.05) is 24.8 Å². The van der Waals surface area contributed by atoms with Crippen LogP contribution < -0.4 is 15.4 Å². The average molecular weight is 378 g/mol. The maximum atomic E-state index is 13.7. The van der Waals surface area contributed by atoms with Crippen LogP contribution in [0.4, 0.5) is 21.8 Å². The third-order valence-electron chi connectivity index (χ3n) is 4.36. The van der Waals surface area contributed by atoms with Crippen molar-refractivity contribution in [3.63, 3.8) is 0 Å². The van der Waals surface area contributed by atoms with Crippen molar-refractivity contribution in [2.24, 2.45) is 0 Å². The van der Waals surface area contributed by atoms with Crippen molar-refractivity contribution in [2.45, 2.75) is 6.92 Å². The summed E-state index contributed by atoms with van der Waals surface area (Å²) in [6.45, 7) is 1.90. The summed E-state index contributed by atoms with van der Waals surface area (Å²) in [6, 6.07) is 9.27. The van der Waals surface area contributed by atoms with Crippen molar-refractivity contribution < 1.29 is 9.13 Å². The van der Waals surface area contributed by atoms with Crippen molar-refractivity contribution in [1.82, 2.24) is 19.9 Å². The fraction of sp³-hybridized carbons (Fsp3) is 0.150. The molecule has 4 rings (SSSR count). The molecule has 1 aromatic carbocycles. The number of anilines is 3. The topological polar surface area (TPSA) is 87.8 Å². The molecule has 0 fully saturated rings. The number of aromatic amines is 1. The number of methoxy groups -OCH3 is 1. The van der Waals surface area contributed by atoms with E-state index in [4.69, 9.17) is 4.74 Å². The van der Waals surface area contributed by atoms with Gasteiger partial charge >= 0.3 is 0 Å². The molecular formula is C20H19FN6O. The Bertz CT molecular complexity index is 1160. The first-order valence-electron chi connectivity index (χ1n) is 8.69. The summed E-state index contributed by atoms with van der Waals surface area (Å²) < 4.78 is 19.2. The predicted octanol–water partition coefficient (Wildman–Crippen LogP) is 4.26. The lowest BCUT2D eigenvalue weighted by atomic mass is 10.1. The Hall–Kier alpha value is -3.68. The maximum absolute atomic E-state index is 13.7. The molecule has 3 aromatic heterocycles. The summed E-state index contributed by atoms with van der Waals surface area (Å²) in [5, 5.41) is 6.67. The lowest BCUT2D eigenvalue weighted by Gasteiger charge is -2.12. The average Bonchev–Trinajstić information content (AvgIpc) is 3.07. The largest absolute Gasteiger partial charge is 0.496 e. The van der Waals surface area contributed by atoms with Crippen LogP contribution in [0.2, 0.25) is 0 Å². The zero-order chi connectivity index (χ0) is 19.7. The highest BCUT2D eigenvalue weighted by Gasteiger charge is 2.12. The highest BCUT2D eigenvalue weighted by Crippen LogP contribution is 2.33. The summed E-state index contributed by atoms with van der Waals surface area (Å²) in [7, 11) is 3.41. The van der Waals surface area contributed by atoms with Gasteiger partial charge in [0.15, 0.2) is 0 Å². The zero-order valence-electron chi connectivity index (χ0n) is 15.7. The highest BCUT2D eigenvalue weighted by atomic mass is 19.1. The van der Waals surface area contributed by atoms with Crippen LogP contribution in [0.5, 0.6) is 5.75 Å². The van der Waals surface area contributed by atoms with Crippen LogP contribution in [-0.2, 0) is 0 Å². The number of benzene rings is 1. The number of hydrogen-bond donors (Lipinski definition) is 3. The molecule has 142 valence electrons. The first-order chi connectivity index (χ1) is 13.6. The molecule has 7 nitrogen and oxygen atoms in total. The third-order valence-corrected chi connectivity index (χ3v) is 4.36. The van der Waals surface area contributed by atoms with Crippen molar-refractivity contribution >= 4 is 28.4 Å². The third kappa shape index (κ3) is 3.32. The van der Waals surface area contributed by atoms with Crippen LogP contribution in [-0.4, -0.2) is 34.1 Å². The van der Waals surface area contributed by atoms with E-state index >= 15 is 0 Å². The molecule has 0 atom stereocenters. The van der Waals surface area contributed by atoms with E-state index in [1.165, 1.54) is 12.4 Å². The van der Waals surface area contributed by atoms with Crippen molar-refractivity contribution in [3.8, 4) is 17.0 Å². The van der Waals surface area contributed by atoms with E-state index in [2.05, 4.69) is 30.6 Å². The van der Waals surface area contributed by atoms with Crippen molar-refractivity contribution in [3.05, 3.63) is 54.2 Å². The van der Waals surface area contributed by atoms with E-state index < -0.39 is 0 Å². The number of nitrogens with zero attached hydrogens (tertiary/aromatic N) is 3. The highest BCUT2D eigenvalue weighted by molar-refractivity contribution is 5.85. The van der Waals surface area contributed by atoms with Gasteiger partial charge in [-0.3, -0.25) is 4.98 Å². The van der Waals surface area contributed by atoms with Crippen LogP contribution in [0.25, 0.3) is 22.2 Å². The van der Waals surface area contributed by atoms with E-state index in [1.807, 2.05) is 38.2 Å². The van der Waals surface area contributed by atoms with Crippen LogP contribution in [0.15, 0.2) is 42.7 Å². The molecule has 0 aliphatic carbocycles. The van der Waals surface area contributed by atoms with Gasteiger partial charge in [-0.15, -0.1) is 0 Å². The predicted molar refractivity (Wildman–Crippen MR) is 108 cm³/mol. The second-order valence-electron chi connectivity index (χ2n) is 6.26. The molecule has 3 heterocycles. The molecule has 0 saturated carbocycles. The Labute approximate surface area is 161 Å². The standard InChI is InChI=1S/C20H19FN6O/c1-11-6-19(22-2)27-20(25-11)26-12-4-5-18(28-3)13(7-12)16-8-17-14(9-23-16)15(21)10-24-17/h4-10,24H,1-3H3,(H2,22,25,26,27). The molecule has 0 aliphatic rings. The molecule has 0 spiro atoms. The molecule has 28 heavy (non-hydrogen) atoms. The zero-order valence-corrected chi connectivity index (χ0v) is 15.7. The lowest BCUT2D eigenvalue weighted by molar-refractivity contribution is 0.416. The molecule has 0 unspecified atom stereocenters. The molecule has 0 aliphatic heterocycles. The van der Waals surface area contributed by atoms with E-state index in [0.29, 0.717) is 28.3 Å². The molecule has 4 aromatic rings. The van der Waals surface area contributed by atoms with E-state index in [-0.39, 0.29) is 5.82 Å². The minimum absolute atomic E-state index is 0.326. The minimum Gasteiger partial charge on any atom is -0.496 e. The number of halogens is 1. The monoisotopic (exact) mass is 378 g/mol. The number of hydrogen-bond acceptors (Lipinski definition) is 6. The summed E-state index contributed by atoms with van der Waals surface area (Å²) in [4.78, 5) is 16.1.